The average Bonchev–Trinajstić information content (AvgIpc) is 2.16. The van der Waals surface area contributed by atoms with E-state index < -0.39 is 0 Å². The van der Waals surface area contributed by atoms with Gasteiger partial charge in [0.25, 0.3) is 5.91 Å². The zero-order valence-corrected chi connectivity index (χ0v) is 7.98. The van der Waals surface area contributed by atoms with Crippen LogP contribution in [0.2, 0.25) is 0 Å². The van der Waals surface area contributed by atoms with Crippen LogP contribution in [0.25, 0.3) is 0 Å². The number of nitriles is 1. The molecule has 0 aliphatic carbocycles. The zero-order chi connectivity index (χ0) is 10.7. The first-order valence-electron chi connectivity index (χ1n) is 4.01. The molecule has 4 nitrogen and oxygen atoms in total. The summed E-state index contributed by atoms with van der Waals surface area (Å²) < 4.78 is 0. The van der Waals surface area contributed by atoms with Crippen LogP contribution in [-0.4, -0.2) is 30.0 Å². The smallest absolute Gasteiger partial charge is 0.257 e. The average molecular weight is 190 g/mol. The Labute approximate surface area is 82.0 Å². The summed E-state index contributed by atoms with van der Waals surface area (Å²) in [6.07, 6.45) is 0. The fourth-order valence-electron chi connectivity index (χ4n) is 1.02. The molecule has 0 bridgehead atoms. The largest absolute Gasteiger partial charge is 0.507 e. The van der Waals surface area contributed by atoms with Crippen LogP contribution in [0.3, 0.4) is 0 Å². The Morgan fingerprint density at radius 2 is 2.14 bits per heavy atom. The van der Waals surface area contributed by atoms with Crippen molar-refractivity contribution >= 4 is 5.91 Å². The van der Waals surface area contributed by atoms with E-state index >= 15 is 0 Å². The van der Waals surface area contributed by atoms with Gasteiger partial charge in [-0.3, -0.25) is 4.79 Å². The minimum absolute atomic E-state index is 0.164. The van der Waals surface area contributed by atoms with Gasteiger partial charge in [-0.1, -0.05) is 0 Å². The molecule has 14 heavy (non-hydrogen) atoms. The molecule has 0 fully saturated rings. The van der Waals surface area contributed by atoms with Crippen LogP contribution in [0.4, 0.5) is 0 Å². The molecule has 0 saturated carbocycles. The second-order valence-corrected chi connectivity index (χ2v) is 3.04. The number of aromatic hydroxyl groups is 1. The Morgan fingerprint density at radius 1 is 1.50 bits per heavy atom. The van der Waals surface area contributed by atoms with E-state index in [9.17, 15) is 9.90 Å². The maximum absolute atomic E-state index is 11.4. The second-order valence-electron chi connectivity index (χ2n) is 3.04. The second kappa shape index (κ2) is 3.79. The molecule has 0 aliphatic heterocycles. The lowest BCUT2D eigenvalue weighted by molar-refractivity contribution is 0.0824. The van der Waals surface area contributed by atoms with Crippen molar-refractivity contribution in [3.05, 3.63) is 29.3 Å². The fraction of sp³-hybridized carbons (Fsp3) is 0.200. The van der Waals surface area contributed by atoms with Gasteiger partial charge in [0.05, 0.1) is 17.2 Å². The van der Waals surface area contributed by atoms with Crippen molar-refractivity contribution in [3.8, 4) is 11.8 Å². The van der Waals surface area contributed by atoms with E-state index in [1.807, 2.05) is 6.07 Å². The lowest BCUT2D eigenvalue weighted by Crippen LogP contribution is -2.21. The van der Waals surface area contributed by atoms with E-state index in [1.165, 1.54) is 23.1 Å². The summed E-state index contributed by atoms with van der Waals surface area (Å²) in [6, 6.07) is 6.09. The molecular weight excluding hydrogens is 180 g/mol. The van der Waals surface area contributed by atoms with E-state index in [1.54, 1.807) is 14.1 Å². The molecule has 0 unspecified atom stereocenters. The van der Waals surface area contributed by atoms with E-state index in [0.29, 0.717) is 5.56 Å². The van der Waals surface area contributed by atoms with Crippen molar-refractivity contribution in [2.45, 2.75) is 0 Å². The molecule has 72 valence electrons. The van der Waals surface area contributed by atoms with E-state index in [2.05, 4.69) is 0 Å². The van der Waals surface area contributed by atoms with Crippen molar-refractivity contribution in [2.24, 2.45) is 0 Å². The van der Waals surface area contributed by atoms with Gasteiger partial charge in [0.2, 0.25) is 0 Å². The van der Waals surface area contributed by atoms with Crippen LogP contribution in [0, 0.1) is 11.3 Å². The quantitative estimate of drug-likeness (QED) is 0.717. The molecule has 1 amide bonds. The summed E-state index contributed by atoms with van der Waals surface area (Å²) >= 11 is 0. The molecule has 0 heterocycles. The number of phenols is 1. The van der Waals surface area contributed by atoms with Crippen molar-refractivity contribution < 1.29 is 9.90 Å². The number of phenolic OH excluding ortho intramolecular Hbond substituents is 1. The molecule has 1 aromatic rings. The van der Waals surface area contributed by atoms with Crippen LogP contribution >= 0.6 is 0 Å². The first-order chi connectivity index (χ1) is 6.56. The highest BCUT2D eigenvalue weighted by Gasteiger charge is 2.12. The molecule has 0 atom stereocenters. The van der Waals surface area contributed by atoms with Gasteiger partial charge in [-0.15, -0.1) is 0 Å². The van der Waals surface area contributed by atoms with Crippen molar-refractivity contribution in [3.63, 3.8) is 0 Å². The summed E-state index contributed by atoms with van der Waals surface area (Å²) in [5, 5.41) is 18.0. The highest BCUT2D eigenvalue weighted by atomic mass is 16.3. The lowest BCUT2D eigenvalue weighted by Gasteiger charge is -2.11. The lowest BCUT2D eigenvalue weighted by atomic mass is 10.1. The molecule has 1 N–H and O–H groups in total. The number of carbonyl (C=O) groups is 1. The molecule has 0 spiro atoms. The first-order valence-corrected chi connectivity index (χ1v) is 4.01. The van der Waals surface area contributed by atoms with E-state index in [4.69, 9.17) is 5.26 Å². The fourth-order valence-corrected chi connectivity index (χ4v) is 1.02. The van der Waals surface area contributed by atoms with Gasteiger partial charge in [0, 0.05) is 14.1 Å². The summed E-state index contributed by atoms with van der Waals surface area (Å²) in [6.45, 7) is 0. The summed E-state index contributed by atoms with van der Waals surface area (Å²) in [4.78, 5) is 12.8. The van der Waals surface area contributed by atoms with E-state index in [-0.39, 0.29) is 17.2 Å². The highest BCUT2D eigenvalue weighted by molar-refractivity contribution is 5.96. The van der Waals surface area contributed by atoms with Gasteiger partial charge in [-0.25, -0.2) is 0 Å². The molecule has 0 radical (unpaired) electrons. The molecule has 4 heteroatoms. The molecule has 1 rings (SSSR count). The van der Waals surface area contributed by atoms with Crippen molar-refractivity contribution in [1.82, 2.24) is 4.90 Å². The summed E-state index contributed by atoms with van der Waals surface area (Å²) in [5.74, 6) is -0.449. The number of amides is 1. The third-order valence-electron chi connectivity index (χ3n) is 1.76. The number of benzene rings is 1. The normalized spacial score (nSPS) is 9.21. The number of hydrogen-bond donors (Lipinski definition) is 1. The number of carbonyl (C=O) groups excluding carboxylic acids is 1. The Morgan fingerprint density at radius 3 is 2.57 bits per heavy atom. The van der Waals surface area contributed by atoms with Gasteiger partial charge < -0.3 is 10.0 Å². The zero-order valence-electron chi connectivity index (χ0n) is 7.98. The Kier molecular flexibility index (Phi) is 2.73. The van der Waals surface area contributed by atoms with Gasteiger partial charge >= 0.3 is 0 Å². The molecule has 0 aromatic heterocycles. The predicted octanol–water partition coefficient (Wildman–Crippen LogP) is 0.966. The predicted molar refractivity (Wildman–Crippen MR) is 50.8 cm³/mol. The third kappa shape index (κ3) is 1.83. The van der Waals surface area contributed by atoms with Crippen molar-refractivity contribution in [2.75, 3.05) is 14.1 Å². The SMILES string of the molecule is CN(C)C(=O)c1ccc(C#N)cc1O. The monoisotopic (exact) mass is 190 g/mol. The topological polar surface area (TPSA) is 64.3 Å². The van der Waals surface area contributed by atoms with Crippen LogP contribution in [-0.2, 0) is 0 Å². The Bertz CT molecular complexity index is 405. The van der Waals surface area contributed by atoms with Gasteiger partial charge in [-0.05, 0) is 18.2 Å². The van der Waals surface area contributed by atoms with Crippen LogP contribution in [0.1, 0.15) is 15.9 Å². The van der Waals surface area contributed by atoms with Crippen LogP contribution in [0.5, 0.6) is 5.75 Å². The number of nitrogens with zero attached hydrogens (tertiary/aromatic N) is 2. The van der Waals surface area contributed by atoms with Crippen molar-refractivity contribution in [1.29, 1.82) is 5.26 Å². The Balaban J connectivity index is 3.14. The molecule has 1 aromatic carbocycles. The van der Waals surface area contributed by atoms with Gasteiger partial charge in [0.15, 0.2) is 0 Å². The number of rotatable bonds is 1. The van der Waals surface area contributed by atoms with Gasteiger partial charge in [-0.2, -0.15) is 5.26 Å². The molecule has 0 saturated heterocycles. The highest BCUT2D eigenvalue weighted by Crippen LogP contribution is 2.19. The molecular formula is C10H10N2O2. The number of hydrogen-bond acceptors (Lipinski definition) is 3. The van der Waals surface area contributed by atoms with E-state index in [0.717, 1.165) is 0 Å². The Hall–Kier alpha value is -2.02. The third-order valence-corrected chi connectivity index (χ3v) is 1.76. The van der Waals surface area contributed by atoms with Gasteiger partial charge in [0.1, 0.15) is 5.75 Å². The van der Waals surface area contributed by atoms with Crippen LogP contribution < -0.4 is 0 Å². The summed E-state index contributed by atoms with van der Waals surface area (Å²) in [7, 11) is 3.19. The maximum Gasteiger partial charge on any atom is 0.257 e. The standard InChI is InChI=1S/C10H10N2O2/c1-12(2)10(14)8-4-3-7(6-11)5-9(8)13/h3-5,13H,1-2H3. The van der Waals surface area contributed by atoms with Crippen LogP contribution in [0.15, 0.2) is 18.2 Å². The minimum atomic E-state index is -0.285. The first kappa shape index (κ1) is 10.1. The summed E-state index contributed by atoms with van der Waals surface area (Å²) in [5.41, 5.74) is 0.534. The minimum Gasteiger partial charge on any atom is -0.507 e. The molecule has 0 aliphatic rings. The maximum atomic E-state index is 11.4.